The second-order valence-electron chi connectivity index (χ2n) is 6.59. The van der Waals surface area contributed by atoms with Gasteiger partial charge in [0.05, 0.1) is 29.0 Å². The number of anilines is 1. The molecule has 0 saturated carbocycles. The lowest BCUT2D eigenvalue weighted by Gasteiger charge is -2.23. The van der Waals surface area contributed by atoms with Crippen molar-refractivity contribution in [2.24, 2.45) is 0 Å². The molecule has 4 rings (SSSR count). The number of carbonyl (C=O) groups excluding carboxylic acids is 1. The Kier molecular flexibility index (Phi) is 5.80. The van der Waals surface area contributed by atoms with Crippen LogP contribution in [0.25, 0.3) is 10.2 Å². The van der Waals surface area contributed by atoms with Crippen molar-refractivity contribution in [2.75, 3.05) is 24.7 Å². The van der Waals surface area contributed by atoms with Crippen LogP contribution < -0.4 is 9.64 Å². The van der Waals surface area contributed by atoms with Gasteiger partial charge in [0.25, 0.3) is 5.91 Å². The van der Waals surface area contributed by atoms with Gasteiger partial charge in [-0.15, -0.1) is 0 Å². The summed E-state index contributed by atoms with van der Waals surface area (Å²) < 4.78 is 12.2. The summed E-state index contributed by atoms with van der Waals surface area (Å²) in [6, 6.07) is 12.9. The first-order chi connectivity index (χ1) is 13.7. The standard InChI is InChI=1S/C21H21ClN2O3S/c1-2-26-15-10-8-14(9-11-15)20(25)24(13-16-5-4-12-27-16)21-23-19-17(22)6-3-7-18(19)28-21/h3,6-11,16H,2,4-5,12-13H2,1H3. The van der Waals surface area contributed by atoms with Crippen LogP contribution in [-0.2, 0) is 4.74 Å². The van der Waals surface area contributed by atoms with Crippen LogP contribution in [0.4, 0.5) is 5.13 Å². The number of carbonyl (C=O) groups is 1. The number of thiazole rings is 1. The van der Waals surface area contributed by atoms with Gasteiger partial charge >= 0.3 is 0 Å². The largest absolute Gasteiger partial charge is 0.494 e. The molecule has 3 aromatic rings. The molecule has 2 heterocycles. The van der Waals surface area contributed by atoms with Crippen molar-refractivity contribution >= 4 is 44.2 Å². The second-order valence-corrected chi connectivity index (χ2v) is 8.01. The maximum absolute atomic E-state index is 13.3. The van der Waals surface area contributed by atoms with E-state index in [1.54, 1.807) is 17.0 Å². The Hall–Kier alpha value is -2.15. The zero-order chi connectivity index (χ0) is 19.5. The first kappa shape index (κ1) is 19.2. The van der Waals surface area contributed by atoms with Gasteiger partial charge in [-0.1, -0.05) is 29.0 Å². The van der Waals surface area contributed by atoms with Crippen LogP contribution in [-0.4, -0.2) is 36.8 Å². The lowest BCUT2D eigenvalue weighted by atomic mass is 10.1. The number of amides is 1. The van der Waals surface area contributed by atoms with Crippen LogP contribution in [0.3, 0.4) is 0 Å². The molecular formula is C21H21ClN2O3S. The molecule has 1 aliphatic rings. The second kappa shape index (κ2) is 8.47. The van der Waals surface area contributed by atoms with Crippen molar-refractivity contribution in [2.45, 2.75) is 25.9 Å². The van der Waals surface area contributed by atoms with Gasteiger partial charge in [0.2, 0.25) is 0 Å². The molecule has 0 spiro atoms. The van der Waals surface area contributed by atoms with Gasteiger partial charge in [-0.2, -0.15) is 0 Å². The van der Waals surface area contributed by atoms with E-state index >= 15 is 0 Å². The predicted molar refractivity (Wildman–Crippen MR) is 113 cm³/mol. The summed E-state index contributed by atoms with van der Waals surface area (Å²) in [5.41, 5.74) is 1.31. The highest BCUT2D eigenvalue weighted by Gasteiger charge is 2.27. The average Bonchev–Trinajstić information content (AvgIpc) is 3.37. The van der Waals surface area contributed by atoms with Crippen LogP contribution in [0.5, 0.6) is 5.75 Å². The van der Waals surface area contributed by atoms with Gasteiger partial charge in [0.15, 0.2) is 5.13 Å². The van der Waals surface area contributed by atoms with E-state index in [0.29, 0.717) is 28.9 Å². The zero-order valence-electron chi connectivity index (χ0n) is 15.6. The molecule has 0 aliphatic carbocycles. The number of nitrogens with zero attached hydrogens (tertiary/aromatic N) is 2. The topological polar surface area (TPSA) is 51.7 Å². The fourth-order valence-electron chi connectivity index (χ4n) is 3.27. The van der Waals surface area contributed by atoms with Crippen molar-refractivity contribution in [3.8, 4) is 5.75 Å². The summed E-state index contributed by atoms with van der Waals surface area (Å²) >= 11 is 7.76. The maximum Gasteiger partial charge on any atom is 0.260 e. The number of halogens is 1. The van der Waals surface area contributed by atoms with E-state index in [-0.39, 0.29) is 12.0 Å². The first-order valence-corrected chi connectivity index (χ1v) is 10.6. The van der Waals surface area contributed by atoms with Gasteiger partial charge < -0.3 is 9.47 Å². The number of aromatic nitrogens is 1. The molecule has 0 radical (unpaired) electrons. The Bertz CT molecular complexity index is 967. The van der Waals surface area contributed by atoms with Crippen LogP contribution in [0.2, 0.25) is 5.02 Å². The molecule has 0 N–H and O–H groups in total. The Morgan fingerprint density at radius 3 is 2.82 bits per heavy atom. The van der Waals surface area contributed by atoms with E-state index < -0.39 is 0 Å². The Morgan fingerprint density at radius 1 is 1.32 bits per heavy atom. The monoisotopic (exact) mass is 416 g/mol. The van der Waals surface area contributed by atoms with Crippen molar-refractivity contribution in [3.63, 3.8) is 0 Å². The van der Waals surface area contributed by atoms with Gasteiger partial charge in [-0.3, -0.25) is 9.69 Å². The maximum atomic E-state index is 13.3. The minimum absolute atomic E-state index is 0.0223. The van der Waals surface area contributed by atoms with Crippen molar-refractivity contribution in [1.82, 2.24) is 4.98 Å². The van der Waals surface area contributed by atoms with Gasteiger partial charge in [-0.25, -0.2) is 4.98 Å². The van der Waals surface area contributed by atoms with E-state index in [0.717, 1.165) is 35.4 Å². The number of para-hydroxylation sites is 1. The van der Waals surface area contributed by atoms with Gasteiger partial charge in [0.1, 0.15) is 11.3 Å². The lowest BCUT2D eigenvalue weighted by Crippen LogP contribution is -2.37. The number of hydrogen-bond donors (Lipinski definition) is 0. The molecule has 1 fully saturated rings. The molecule has 0 bridgehead atoms. The summed E-state index contributed by atoms with van der Waals surface area (Å²) in [5, 5.41) is 1.23. The highest BCUT2D eigenvalue weighted by Crippen LogP contribution is 2.34. The molecule has 1 saturated heterocycles. The fraction of sp³-hybridized carbons (Fsp3) is 0.333. The molecule has 1 aliphatic heterocycles. The fourth-order valence-corrected chi connectivity index (χ4v) is 4.55. The van der Waals surface area contributed by atoms with E-state index in [1.165, 1.54) is 11.3 Å². The van der Waals surface area contributed by atoms with Crippen LogP contribution in [0, 0.1) is 0 Å². The minimum atomic E-state index is -0.103. The highest BCUT2D eigenvalue weighted by atomic mass is 35.5. The van der Waals surface area contributed by atoms with Crippen LogP contribution >= 0.6 is 22.9 Å². The summed E-state index contributed by atoms with van der Waals surface area (Å²) in [6.45, 7) is 3.73. The molecule has 28 heavy (non-hydrogen) atoms. The number of fused-ring (bicyclic) bond motifs is 1. The molecule has 146 valence electrons. The van der Waals surface area contributed by atoms with Crippen molar-refractivity contribution in [3.05, 3.63) is 53.1 Å². The van der Waals surface area contributed by atoms with Gasteiger partial charge in [0, 0.05) is 12.2 Å². The lowest BCUT2D eigenvalue weighted by molar-refractivity contribution is 0.0917. The summed E-state index contributed by atoms with van der Waals surface area (Å²) in [4.78, 5) is 19.7. The predicted octanol–water partition coefficient (Wildman–Crippen LogP) is 5.17. The molecule has 7 heteroatoms. The third kappa shape index (κ3) is 3.99. The first-order valence-electron chi connectivity index (χ1n) is 9.37. The summed E-state index contributed by atoms with van der Waals surface area (Å²) in [6.07, 6.45) is 1.98. The van der Waals surface area contributed by atoms with E-state index in [4.69, 9.17) is 21.1 Å². The number of hydrogen-bond acceptors (Lipinski definition) is 5. The third-order valence-corrected chi connectivity index (χ3v) is 6.01. The number of benzene rings is 2. The van der Waals surface area contributed by atoms with E-state index in [1.807, 2.05) is 37.3 Å². The molecule has 2 aromatic carbocycles. The quantitative estimate of drug-likeness (QED) is 0.556. The van der Waals surface area contributed by atoms with Crippen molar-refractivity contribution in [1.29, 1.82) is 0 Å². The molecule has 1 amide bonds. The van der Waals surface area contributed by atoms with Crippen LogP contribution in [0.1, 0.15) is 30.1 Å². The van der Waals surface area contributed by atoms with E-state index in [2.05, 4.69) is 4.98 Å². The normalized spacial score (nSPS) is 16.4. The highest BCUT2D eigenvalue weighted by molar-refractivity contribution is 7.22. The molecule has 1 aromatic heterocycles. The average molecular weight is 417 g/mol. The zero-order valence-corrected chi connectivity index (χ0v) is 17.1. The number of ether oxygens (including phenoxy) is 2. The molecular weight excluding hydrogens is 396 g/mol. The van der Waals surface area contributed by atoms with E-state index in [9.17, 15) is 4.79 Å². The summed E-state index contributed by atoms with van der Waals surface area (Å²) in [5.74, 6) is 0.644. The summed E-state index contributed by atoms with van der Waals surface area (Å²) in [7, 11) is 0. The molecule has 1 atom stereocenters. The van der Waals surface area contributed by atoms with Crippen LogP contribution in [0.15, 0.2) is 42.5 Å². The molecule has 5 nitrogen and oxygen atoms in total. The molecule has 1 unspecified atom stereocenters. The number of rotatable bonds is 6. The Balaban J connectivity index is 1.67. The minimum Gasteiger partial charge on any atom is -0.494 e. The van der Waals surface area contributed by atoms with Gasteiger partial charge in [-0.05, 0) is 56.2 Å². The SMILES string of the molecule is CCOc1ccc(C(=O)N(CC2CCCO2)c2nc3c(Cl)cccc3s2)cc1. The Labute approximate surface area is 172 Å². The smallest absolute Gasteiger partial charge is 0.260 e. The Morgan fingerprint density at radius 2 is 2.14 bits per heavy atom. The van der Waals surface area contributed by atoms with Crippen molar-refractivity contribution < 1.29 is 14.3 Å². The third-order valence-electron chi connectivity index (χ3n) is 4.66.